The molecule has 3 rings (SSSR count). The normalized spacial score (nSPS) is 19.2. The summed E-state index contributed by atoms with van der Waals surface area (Å²) in [4.78, 5) is 6.07. The molecule has 0 bridgehead atoms. The number of nitrogens with zero attached hydrogens (tertiary/aromatic N) is 4. The quantitative estimate of drug-likeness (QED) is 0.864. The maximum atomic E-state index is 6.00. The van der Waals surface area contributed by atoms with Crippen LogP contribution in [0.1, 0.15) is 17.7 Å². The summed E-state index contributed by atoms with van der Waals surface area (Å²) in [7, 11) is 2.19. The largest absolute Gasteiger partial charge is 0.354 e. The fourth-order valence-electron chi connectivity index (χ4n) is 2.80. The number of piperidine rings is 1. The van der Waals surface area contributed by atoms with Gasteiger partial charge in [-0.1, -0.05) is 11.6 Å². The van der Waals surface area contributed by atoms with Crippen LogP contribution in [-0.4, -0.2) is 41.3 Å². The third-order valence-corrected chi connectivity index (χ3v) is 5.20. The van der Waals surface area contributed by atoms with Crippen LogP contribution in [0.15, 0.2) is 29.8 Å². The third kappa shape index (κ3) is 3.73. The van der Waals surface area contributed by atoms with Crippen molar-refractivity contribution in [2.24, 2.45) is 0 Å². The molecule has 0 spiro atoms. The Labute approximate surface area is 134 Å². The van der Waals surface area contributed by atoms with Crippen LogP contribution in [0.5, 0.6) is 0 Å². The van der Waals surface area contributed by atoms with Crippen LogP contribution in [0, 0.1) is 0 Å². The Morgan fingerprint density at radius 2 is 2.43 bits per heavy atom. The van der Waals surface area contributed by atoms with Crippen molar-refractivity contribution in [2.75, 3.05) is 25.0 Å². The summed E-state index contributed by atoms with van der Waals surface area (Å²) in [5.41, 5.74) is 0. The lowest BCUT2D eigenvalue weighted by atomic mass is 10.0. The van der Waals surface area contributed by atoms with Gasteiger partial charge in [0.15, 0.2) is 5.82 Å². The van der Waals surface area contributed by atoms with Crippen molar-refractivity contribution in [3.8, 4) is 0 Å². The van der Waals surface area contributed by atoms with Crippen molar-refractivity contribution < 1.29 is 0 Å². The molecule has 1 aliphatic heterocycles. The molecule has 0 N–H and O–H groups in total. The third-order valence-electron chi connectivity index (χ3n) is 3.93. The van der Waals surface area contributed by atoms with Gasteiger partial charge in [0.05, 0.1) is 5.02 Å². The zero-order valence-electron chi connectivity index (χ0n) is 12.1. The molecule has 21 heavy (non-hydrogen) atoms. The number of rotatable bonds is 4. The van der Waals surface area contributed by atoms with E-state index < -0.39 is 0 Å². The molecule has 1 fully saturated rings. The van der Waals surface area contributed by atoms with Crippen molar-refractivity contribution in [2.45, 2.75) is 25.4 Å². The van der Waals surface area contributed by atoms with E-state index in [0.29, 0.717) is 6.04 Å². The highest BCUT2D eigenvalue weighted by Crippen LogP contribution is 2.24. The van der Waals surface area contributed by atoms with Gasteiger partial charge in [-0.25, -0.2) is 0 Å². The standard InChI is InChI=1S/C15H19ClN4S/c1-19(10-14-8-12(16)11-21-14)13-4-3-7-20(9-13)15-5-2-6-17-18-15/h2,5-6,8,11,13H,3-4,7,9-10H2,1H3. The van der Waals surface area contributed by atoms with Crippen LogP contribution >= 0.6 is 22.9 Å². The second kappa shape index (κ2) is 6.73. The van der Waals surface area contributed by atoms with Gasteiger partial charge in [-0.2, -0.15) is 5.10 Å². The van der Waals surface area contributed by atoms with E-state index in [9.17, 15) is 0 Å². The molecule has 6 heteroatoms. The zero-order chi connectivity index (χ0) is 14.7. The number of thiophene rings is 1. The molecule has 0 saturated carbocycles. The predicted octanol–water partition coefficient (Wildman–Crippen LogP) is 3.29. The van der Waals surface area contributed by atoms with Crippen LogP contribution in [-0.2, 0) is 6.54 Å². The molecule has 2 aromatic rings. The molecule has 1 saturated heterocycles. The summed E-state index contributed by atoms with van der Waals surface area (Å²) in [6.45, 7) is 3.03. The molecule has 3 heterocycles. The van der Waals surface area contributed by atoms with Crippen molar-refractivity contribution in [3.63, 3.8) is 0 Å². The average Bonchev–Trinajstić information content (AvgIpc) is 2.93. The maximum Gasteiger partial charge on any atom is 0.151 e. The topological polar surface area (TPSA) is 32.3 Å². The van der Waals surface area contributed by atoms with E-state index in [2.05, 4.69) is 33.1 Å². The van der Waals surface area contributed by atoms with Crippen LogP contribution in [0.2, 0.25) is 5.02 Å². The lowest BCUT2D eigenvalue weighted by Crippen LogP contribution is -2.46. The minimum absolute atomic E-state index is 0.543. The van der Waals surface area contributed by atoms with Gasteiger partial charge in [-0.15, -0.1) is 16.4 Å². The first-order chi connectivity index (χ1) is 10.2. The van der Waals surface area contributed by atoms with Crippen LogP contribution < -0.4 is 4.90 Å². The minimum Gasteiger partial charge on any atom is -0.354 e. The molecule has 0 radical (unpaired) electrons. The fraction of sp³-hybridized carbons (Fsp3) is 0.467. The molecule has 1 unspecified atom stereocenters. The highest BCUT2D eigenvalue weighted by Gasteiger charge is 2.24. The number of hydrogen-bond acceptors (Lipinski definition) is 5. The maximum absolute atomic E-state index is 6.00. The number of hydrogen-bond donors (Lipinski definition) is 0. The molecule has 112 valence electrons. The van der Waals surface area contributed by atoms with Gasteiger partial charge in [0.1, 0.15) is 0 Å². The Balaban J connectivity index is 1.62. The van der Waals surface area contributed by atoms with E-state index in [1.807, 2.05) is 17.5 Å². The highest BCUT2D eigenvalue weighted by molar-refractivity contribution is 7.10. The van der Waals surface area contributed by atoms with Gasteiger partial charge in [0.25, 0.3) is 0 Å². The summed E-state index contributed by atoms with van der Waals surface area (Å²) in [5, 5.41) is 11.0. The van der Waals surface area contributed by atoms with Gasteiger partial charge >= 0.3 is 0 Å². The van der Waals surface area contributed by atoms with Crippen LogP contribution in [0.25, 0.3) is 0 Å². The van der Waals surface area contributed by atoms with Crippen LogP contribution in [0.3, 0.4) is 0 Å². The first kappa shape index (κ1) is 14.8. The number of halogens is 1. The summed E-state index contributed by atoms with van der Waals surface area (Å²) < 4.78 is 0. The van der Waals surface area contributed by atoms with Gasteiger partial charge in [-0.05, 0) is 38.1 Å². The lowest BCUT2D eigenvalue weighted by Gasteiger charge is -2.37. The average molecular weight is 323 g/mol. The van der Waals surface area contributed by atoms with Gasteiger partial charge in [0.2, 0.25) is 0 Å². The molecular weight excluding hydrogens is 304 g/mol. The van der Waals surface area contributed by atoms with Crippen molar-refractivity contribution in [1.82, 2.24) is 15.1 Å². The van der Waals surface area contributed by atoms with Crippen molar-refractivity contribution in [1.29, 1.82) is 0 Å². The van der Waals surface area contributed by atoms with Gasteiger partial charge < -0.3 is 4.90 Å². The van der Waals surface area contributed by atoms with Crippen LogP contribution in [0.4, 0.5) is 5.82 Å². The summed E-state index contributed by atoms with van der Waals surface area (Å²) in [6, 6.07) is 6.59. The number of aromatic nitrogens is 2. The van der Waals surface area contributed by atoms with Gasteiger partial charge in [0, 0.05) is 42.1 Å². The van der Waals surface area contributed by atoms with Crippen molar-refractivity contribution in [3.05, 3.63) is 39.7 Å². The summed E-state index contributed by atoms with van der Waals surface area (Å²) in [6.07, 6.45) is 4.14. The van der Waals surface area contributed by atoms with E-state index in [-0.39, 0.29) is 0 Å². The minimum atomic E-state index is 0.543. The highest BCUT2D eigenvalue weighted by atomic mass is 35.5. The smallest absolute Gasteiger partial charge is 0.151 e. The van der Waals surface area contributed by atoms with E-state index in [1.54, 1.807) is 17.5 Å². The number of likely N-dealkylation sites (N-methyl/N-ethyl adjacent to an activating group) is 1. The Morgan fingerprint density at radius 1 is 1.52 bits per heavy atom. The summed E-state index contributed by atoms with van der Waals surface area (Å²) in [5.74, 6) is 0.981. The van der Waals surface area contributed by atoms with Crippen molar-refractivity contribution >= 4 is 28.8 Å². The molecule has 4 nitrogen and oxygen atoms in total. The van der Waals surface area contributed by atoms with E-state index in [0.717, 1.165) is 30.5 Å². The SMILES string of the molecule is CN(Cc1cc(Cl)cs1)C1CCCN(c2cccnn2)C1. The second-order valence-corrected chi connectivity index (χ2v) is 6.90. The second-order valence-electron chi connectivity index (χ2n) is 5.47. The van der Waals surface area contributed by atoms with E-state index in [1.165, 1.54) is 17.7 Å². The molecule has 0 aliphatic carbocycles. The molecule has 1 aliphatic rings. The molecule has 0 aromatic carbocycles. The summed E-state index contributed by atoms with van der Waals surface area (Å²) >= 11 is 7.73. The monoisotopic (exact) mass is 322 g/mol. The first-order valence-electron chi connectivity index (χ1n) is 7.18. The first-order valence-corrected chi connectivity index (χ1v) is 8.44. The molecule has 1 atom stereocenters. The molecule has 0 amide bonds. The number of anilines is 1. The molecular formula is C15H19ClN4S. The lowest BCUT2D eigenvalue weighted by molar-refractivity contribution is 0.209. The molecule has 2 aromatic heterocycles. The Kier molecular flexibility index (Phi) is 4.73. The Morgan fingerprint density at radius 3 is 3.14 bits per heavy atom. The van der Waals surface area contributed by atoms with E-state index >= 15 is 0 Å². The Hall–Kier alpha value is -1.17. The van der Waals surface area contributed by atoms with E-state index in [4.69, 9.17) is 11.6 Å². The fourth-order valence-corrected chi connectivity index (χ4v) is 3.93. The zero-order valence-corrected chi connectivity index (χ0v) is 13.6. The Bertz CT molecular complexity index is 574. The van der Waals surface area contributed by atoms with Gasteiger partial charge in [-0.3, -0.25) is 4.90 Å². The predicted molar refractivity (Wildman–Crippen MR) is 88.1 cm³/mol.